The first kappa shape index (κ1) is 15.7. The van der Waals surface area contributed by atoms with Crippen molar-refractivity contribution in [3.63, 3.8) is 0 Å². The quantitative estimate of drug-likeness (QED) is 0.648. The van der Waals surface area contributed by atoms with Crippen LogP contribution in [0.1, 0.15) is 15.9 Å². The van der Waals surface area contributed by atoms with Crippen LogP contribution in [-0.2, 0) is 6.54 Å². The molecular weight excluding hydrogens is 316 g/mol. The molecule has 1 aromatic heterocycles. The van der Waals surface area contributed by atoms with Crippen LogP contribution in [-0.4, -0.2) is 26.9 Å². The minimum atomic E-state index is -0.415. The summed E-state index contributed by atoms with van der Waals surface area (Å²) in [6.07, 6.45) is 2.33. The van der Waals surface area contributed by atoms with Crippen LogP contribution < -0.4 is 29.0 Å². The van der Waals surface area contributed by atoms with E-state index >= 15 is 0 Å². The summed E-state index contributed by atoms with van der Waals surface area (Å²) in [6, 6.07) is 5.42. The van der Waals surface area contributed by atoms with Crippen LogP contribution in [0.2, 0.25) is 0 Å². The zero-order valence-corrected chi connectivity index (χ0v) is 13.2. The molecular formula is C16H16N2O6. The van der Waals surface area contributed by atoms with Gasteiger partial charge in [-0.15, -0.1) is 0 Å². The Morgan fingerprint density at radius 2 is 1.88 bits per heavy atom. The van der Waals surface area contributed by atoms with Crippen LogP contribution in [0.25, 0.3) is 0 Å². The van der Waals surface area contributed by atoms with E-state index in [0.717, 1.165) is 18.0 Å². The standard InChI is InChI=1S/C16H16N2O6/c1-21-13-7-18(20)8-14(22-2)15(13)16(19)17-6-10-3-4-11-12(5-10)24-9-23-11/h3-5,7-8H,6,9H2,1-2H3,(H,17,19). The number of nitrogens with one attached hydrogen (secondary N) is 1. The fourth-order valence-electron chi connectivity index (χ4n) is 2.37. The third-order valence-electron chi connectivity index (χ3n) is 3.54. The summed E-state index contributed by atoms with van der Waals surface area (Å²) in [7, 11) is 2.76. The summed E-state index contributed by atoms with van der Waals surface area (Å²) in [6.45, 7) is 0.465. The molecule has 1 aliphatic rings. The third kappa shape index (κ3) is 2.98. The lowest BCUT2D eigenvalue weighted by Crippen LogP contribution is -2.29. The molecule has 0 saturated carbocycles. The summed E-state index contributed by atoms with van der Waals surface area (Å²) in [4.78, 5) is 12.5. The topological polar surface area (TPSA) is 93.0 Å². The molecule has 1 aliphatic heterocycles. The van der Waals surface area contributed by atoms with Crippen molar-refractivity contribution >= 4 is 5.91 Å². The van der Waals surface area contributed by atoms with E-state index in [1.165, 1.54) is 14.2 Å². The Balaban J connectivity index is 1.78. The largest absolute Gasteiger partial charge is 0.618 e. The number of aromatic nitrogens is 1. The molecule has 0 bridgehead atoms. The van der Waals surface area contributed by atoms with Crippen molar-refractivity contribution in [3.8, 4) is 23.0 Å². The number of amides is 1. The number of carbonyl (C=O) groups excluding carboxylic acids is 1. The highest BCUT2D eigenvalue weighted by Crippen LogP contribution is 2.32. The smallest absolute Gasteiger partial charge is 0.259 e. The zero-order valence-electron chi connectivity index (χ0n) is 13.2. The maximum atomic E-state index is 12.5. The van der Waals surface area contributed by atoms with Gasteiger partial charge in [0.2, 0.25) is 30.7 Å². The number of hydrogen-bond acceptors (Lipinski definition) is 6. The van der Waals surface area contributed by atoms with E-state index in [0.29, 0.717) is 16.2 Å². The second-order valence-corrected chi connectivity index (χ2v) is 5.00. The van der Waals surface area contributed by atoms with Crippen molar-refractivity contribution in [2.24, 2.45) is 0 Å². The number of pyridine rings is 1. The Kier molecular flexibility index (Phi) is 4.28. The summed E-state index contributed by atoms with van der Waals surface area (Å²) < 4.78 is 21.3. The van der Waals surface area contributed by atoms with Crippen LogP contribution in [0, 0.1) is 5.21 Å². The molecule has 1 amide bonds. The van der Waals surface area contributed by atoms with Crippen molar-refractivity contribution in [2.75, 3.05) is 21.0 Å². The molecule has 0 atom stereocenters. The highest BCUT2D eigenvalue weighted by atomic mass is 16.7. The van der Waals surface area contributed by atoms with Gasteiger partial charge in [0.25, 0.3) is 5.91 Å². The SMILES string of the molecule is COc1c[n+]([O-])cc(OC)c1C(=O)NCc1ccc2c(c1)OCO2. The fraction of sp³-hybridized carbons (Fsp3) is 0.250. The van der Waals surface area contributed by atoms with Crippen LogP contribution >= 0.6 is 0 Å². The molecule has 0 spiro atoms. The van der Waals surface area contributed by atoms with E-state index < -0.39 is 5.91 Å². The van der Waals surface area contributed by atoms with Gasteiger partial charge in [0.15, 0.2) is 11.5 Å². The molecule has 8 heteroatoms. The first-order valence-corrected chi connectivity index (χ1v) is 7.14. The highest BCUT2D eigenvalue weighted by Gasteiger charge is 2.23. The van der Waals surface area contributed by atoms with E-state index in [4.69, 9.17) is 18.9 Å². The molecule has 2 aromatic rings. The van der Waals surface area contributed by atoms with E-state index in [1.54, 1.807) is 12.1 Å². The van der Waals surface area contributed by atoms with Crippen molar-refractivity contribution in [2.45, 2.75) is 6.54 Å². The molecule has 0 radical (unpaired) electrons. The number of hydrogen-bond donors (Lipinski definition) is 1. The van der Waals surface area contributed by atoms with Crippen molar-refractivity contribution in [1.82, 2.24) is 5.32 Å². The minimum Gasteiger partial charge on any atom is -0.618 e. The van der Waals surface area contributed by atoms with Gasteiger partial charge in [-0.05, 0) is 17.7 Å². The number of benzene rings is 1. The van der Waals surface area contributed by atoms with Gasteiger partial charge in [0.1, 0.15) is 5.56 Å². The molecule has 126 valence electrons. The van der Waals surface area contributed by atoms with Crippen molar-refractivity contribution in [1.29, 1.82) is 0 Å². The molecule has 0 aliphatic carbocycles. The van der Waals surface area contributed by atoms with Crippen molar-refractivity contribution in [3.05, 3.63) is 46.9 Å². The number of carbonyl (C=O) groups is 1. The van der Waals surface area contributed by atoms with E-state index in [1.807, 2.05) is 6.07 Å². The average molecular weight is 332 g/mol. The maximum absolute atomic E-state index is 12.5. The van der Waals surface area contributed by atoms with E-state index in [-0.39, 0.29) is 30.4 Å². The van der Waals surface area contributed by atoms with Gasteiger partial charge in [0.05, 0.1) is 14.2 Å². The number of ether oxygens (including phenoxy) is 4. The van der Waals surface area contributed by atoms with E-state index in [2.05, 4.69) is 5.32 Å². The number of rotatable bonds is 5. The molecule has 1 N–H and O–H groups in total. The lowest BCUT2D eigenvalue weighted by molar-refractivity contribution is -0.606. The van der Waals surface area contributed by atoms with Gasteiger partial charge in [0, 0.05) is 6.54 Å². The molecule has 0 unspecified atom stereocenters. The zero-order chi connectivity index (χ0) is 17.1. The second-order valence-electron chi connectivity index (χ2n) is 5.00. The maximum Gasteiger partial charge on any atom is 0.259 e. The highest BCUT2D eigenvalue weighted by molar-refractivity contribution is 5.99. The first-order valence-electron chi connectivity index (χ1n) is 7.14. The average Bonchev–Trinajstić information content (AvgIpc) is 3.06. The molecule has 24 heavy (non-hydrogen) atoms. The Hall–Kier alpha value is -3.16. The Morgan fingerprint density at radius 3 is 2.54 bits per heavy atom. The van der Waals surface area contributed by atoms with Gasteiger partial charge < -0.3 is 29.5 Å². The molecule has 8 nitrogen and oxygen atoms in total. The van der Waals surface area contributed by atoms with Gasteiger partial charge >= 0.3 is 0 Å². The molecule has 1 aromatic carbocycles. The number of nitrogens with zero attached hydrogens (tertiary/aromatic N) is 1. The van der Waals surface area contributed by atoms with Crippen LogP contribution in [0.15, 0.2) is 30.6 Å². The first-order chi connectivity index (χ1) is 11.6. The van der Waals surface area contributed by atoms with E-state index in [9.17, 15) is 10.0 Å². The fourth-order valence-corrected chi connectivity index (χ4v) is 2.37. The molecule has 2 heterocycles. The summed E-state index contributed by atoms with van der Waals surface area (Å²) in [5.74, 6) is 1.17. The van der Waals surface area contributed by atoms with Crippen LogP contribution in [0.5, 0.6) is 23.0 Å². The normalized spacial score (nSPS) is 11.9. The summed E-state index contributed by atoms with van der Waals surface area (Å²) >= 11 is 0. The van der Waals surface area contributed by atoms with Crippen molar-refractivity contribution < 1.29 is 28.5 Å². The second kappa shape index (κ2) is 6.53. The molecule has 3 rings (SSSR count). The Labute approximate surface area is 138 Å². The lowest BCUT2D eigenvalue weighted by atomic mass is 10.1. The Bertz CT molecular complexity index is 752. The monoisotopic (exact) mass is 332 g/mol. The minimum absolute atomic E-state index is 0.132. The molecule has 0 fully saturated rings. The number of methoxy groups -OCH3 is 2. The summed E-state index contributed by atoms with van der Waals surface area (Å²) in [5.41, 5.74) is 1.01. The predicted octanol–water partition coefficient (Wildman–Crippen LogP) is 0.996. The predicted molar refractivity (Wildman–Crippen MR) is 82.2 cm³/mol. The molecule has 0 saturated heterocycles. The summed E-state index contributed by atoms with van der Waals surface area (Å²) in [5, 5.41) is 14.3. The van der Waals surface area contributed by atoms with Crippen LogP contribution in [0.3, 0.4) is 0 Å². The Morgan fingerprint density at radius 1 is 1.21 bits per heavy atom. The van der Waals surface area contributed by atoms with Crippen LogP contribution in [0.4, 0.5) is 0 Å². The van der Waals surface area contributed by atoms with Gasteiger partial charge in [-0.25, -0.2) is 0 Å². The number of fused-ring (bicyclic) bond motifs is 1. The van der Waals surface area contributed by atoms with Gasteiger partial charge in [-0.1, -0.05) is 6.07 Å². The van der Waals surface area contributed by atoms with Gasteiger partial charge in [-0.2, -0.15) is 4.73 Å². The third-order valence-corrected chi connectivity index (χ3v) is 3.54. The lowest BCUT2D eigenvalue weighted by Gasteiger charge is -2.12. The van der Waals surface area contributed by atoms with Gasteiger partial charge in [-0.3, -0.25) is 4.79 Å².